The monoisotopic (exact) mass is 228 g/mol. The Kier molecular flexibility index (Phi) is 3.58. The third kappa shape index (κ3) is 2.73. The maximum absolute atomic E-state index is 11.9. The number of alkyl halides is 3. The first-order valence-electron chi connectivity index (χ1n) is 4.32. The van der Waals surface area contributed by atoms with Crippen LogP contribution in [0.15, 0.2) is 11.8 Å². The lowest BCUT2D eigenvalue weighted by Crippen LogP contribution is -2.19. The first-order valence-corrected chi connectivity index (χ1v) is 5.39. The fourth-order valence-electron chi connectivity index (χ4n) is 1.38. The second-order valence-electron chi connectivity index (χ2n) is 3.05. The molecule has 0 radical (unpaired) electrons. The third-order valence-electron chi connectivity index (χ3n) is 2.12. The van der Waals surface area contributed by atoms with E-state index in [2.05, 4.69) is 4.18 Å². The lowest BCUT2D eigenvalue weighted by molar-refractivity contribution is -0.0459. The molecule has 0 heterocycles. The van der Waals surface area contributed by atoms with E-state index in [4.69, 9.17) is 0 Å². The van der Waals surface area contributed by atoms with Crippen molar-refractivity contribution in [3.05, 3.63) is 11.8 Å². The van der Waals surface area contributed by atoms with Gasteiger partial charge in [-0.15, -0.1) is 0 Å². The zero-order chi connectivity index (χ0) is 10.8. The highest BCUT2D eigenvalue weighted by Crippen LogP contribution is 2.32. The molecule has 2 atom stereocenters. The van der Waals surface area contributed by atoms with Crippen molar-refractivity contribution in [2.24, 2.45) is 5.92 Å². The molecule has 0 aliphatic heterocycles. The molecule has 0 amide bonds. The molecular formula is C8H11F3O2S. The molecule has 2 unspecified atom stereocenters. The minimum absolute atomic E-state index is 0.0127. The fourth-order valence-corrected chi connectivity index (χ4v) is 1.85. The highest BCUT2D eigenvalue weighted by atomic mass is 32.2. The highest BCUT2D eigenvalue weighted by Gasteiger charge is 2.41. The van der Waals surface area contributed by atoms with Gasteiger partial charge in [-0.1, -0.05) is 6.92 Å². The molecule has 1 rings (SSSR count). The summed E-state index contributed by atoms with van der Waals surface area (Å²) >= 11 is -3.22. The Morgan fingerprint density at radius 3 is 2.79 bits per heavy atom. The Labute approximate surface area is 82.8 Å². The van der Waals surface area contributed by atoms with Crippen molar-refractivity contribution in [3.63, 3.8) is 0 Å². The van der Waals surface area contributed by atoms with Gasteiger partial charge in [-0.05, 0) is 25.3 Å². The van der Waals surface area contributed by atoms with E-state index in [0.29, 0.717) is 12.8 Å². The van der Waals surface area contributed by atoms with E-state index in [1.54, 1.807) is 6.08 Å². The van der Waals surface area contributed by atoms with Crippen LogP contribution in [0.3, 0.4) is 0 Å². The number of allylic oxidation sites excluding steroid dienone is 2. The van der Waals surface area contributed by atoms with E-state index < -0.39 is 16.6 Å². The largest absolute Gasteiger partial charge is 0.508 e. The molecule has 1 aliphatic carbocycles. The minimum Gasteiger partial charge on any atom is -0.399 e. The first kappa shape index (κ1) is 11.6. The van der Waals surface area contributed by atoms with Gasteiger partial charge in [-0.25, -0.2) is 4.21 Å². The van der Waals surface area contributed by atoms with Gasteiger partial charge in [-0.2, -0.15) is 13.2 Å². The van der Waals surface area contributed by atoms with Gasteiger partial charge in [0.1, 0.15) is 5.76 Å². The van der Waals surface area contributed by atoms with Gasteiger partial charge in [0, 0.05) is 5.92 Å². The maximum Gasteiger partial charge on any atom is 0.508 e. The Bertz CT molecular complexity index is 260. The molecule has 14 heavy (non-hydrogen) atoms. The third-order valence-corrected chi connectivity index (χ3v) is 2.84. The topological polar surface area (TPSA) is 26.3 Å². The molecule has 0 N–H and O–H groups in total. The van der Waals surface area contributed by atoms with E-state index in [9.17, 15) is 17.4 Å². The van der Waals surface area contributed by atoms with Crippen LogP contribution in [-0.2, 0) is 15.3 Å². The summed E-state index contributed by atoms with van der Waals surface area (Å²) in [5.41, 5.74) is -4.79. The van der Waals surface area contributed by atoms with Crippen molar-refractivity contribution < 1.29 is 21.6 Å². The lowest BCUT2D eigenvalue weighted by Gasteiger charge is -2.13. The Hall–Kier alpha value is -0.520. The molecule has 0 aromatic heterocycles. The number of halogens is 3. The van der Waals surface area contributed by atoms with Crippen LogP contribution in [0.5, 0.6) is 0 Å². The summed E-state index contributed by atoms with van der Waals surface area (Å²) in [6.45, 7) is 1.86. The molecule has 0 spiro atoms. The molecule has 82 valence electrons. The second-order valence-corrected chi connectivity index (χ2v) is 4.15. The predicted molar refractivity (Wildman–Crippen MR) is 46.4 cm³/mol. The Balaban J connectivity index is 2.57. The molecule has 0 saturated carbocycles. The molecular weight excluding hydrogens is 217 g/mol. The van der Waals surface area contributed by atoms with E-state index in [-0.39, 0.29) is 11.7 Å². The summed E-state index contributed by atoms with van der Waals surface area (Å²) < 4.78 is 50.6. The smallest absolute Gasteiger partial charge is 0.399 e. The molecule has 0 saturated heterocycles. The van der Waals surface area contributed by atoms with Crippen LogP contribution >= 0.6 is 0 Å². The van der Waals surface area contributed by atoms with Crippen molar-refractivity contribution >= 4 is 11.1 Å². The Morgan fingerprint density at radius 2 is 2.29 bits per heavy atom. The van der Waals surface area contributed by atoms with Crippen LogP contribution in [0.1, 0.15) is 26.2 Å². The highest BCUT2D eigenvalue weighted by molar-refractivity contribution is 7.81. The fraction of sp³-hybridized carbons (Fsp3) is 0.750. The van der Waals surface area contributed by atoms with Gasteiger partial charge in [0.2, 0.25) is 0 Å². The average molecular weight is 228 g/mol. The quantitative estimate of drug-likeness (QED) is 0.742. The van der Waals surface area contributed by atoms with E-state index >= 15 is 0 Å². The average Bonchev–Trinajstić information content (AvgIpc) is 2.50. The lowest BCUT2D eigenvalue weighted by atomic mass is 10.1. The van der Waals surface area contributed by atoms with Gasteiger partial charge in [0.15, 0.2) is 0 Å². The minimum atomic E-state index is -4.79. The first-order chi connectivity index (χ1) is 6.45. The number of hydrogen-bond donors (Lipinski definition) is 0. The normalized spacial score (nSPS) is 24.6. The Morgan fingerprint density at radius 1 is 1.64 bits per heavy atom. The van der Waals surface area contributed by atoms with Gasteiger partial charge < -0.3 is 4.18 Å². The summed E-state index contributed by atoms with van der Waals surface area (Å²) in [6.07, 6.45) is 3.77. The summed E-state index contributed by atoms with van der Waals surface area (Å²) in [6, 6.07) is 0. The number of hydrogen-bond acceptors (Lipinski definition) is 2. The molecule has 0 bridgehead atoms. The van der Waals surface area contributed by atoms with Gasteiger partial charge in [-0.3, -0.25) is 0 Å². The van der Waals surface area contributed by atoms with Crippen LogP contribution in [-0.4, -0.2) is 9.72 Å². The van der Waals surface area contributed by atoms with Gasteiger partial charge in [0.05, 0.1) is 0 Å². The summed E-state index contributed by atoms with van der Waals surface area (Å²) in [4.78, 5) is 0. The standard InChI is InChI=1S/C8H11F3O2S/c1-2-6-4-3-5-7(6)13-14(12)8(9,10)11/h5-6H,2-4H2,1H3. The zero-order valence-electron chi connectivity index (χ0n) is 7.63. The van der Waals surface area contributed by atoms with Crippen molar-refractivity contribution in [1.29, 1.82) is 0 Å². The summed E-state index contributed by atoms with van der Waals surface area (Å²) in [7, 11) is 0. The van der Waals surface area contributed by atoms with E-state index in [1.165, 1.54) is 0 Å². The SMILES string of the molecule is CCC1CCC=C1OS(=O)C(F)(F)F. The van der Waals surface area contributed by atoms with Crippen LogP contribution in [0.2, 0.25) is 0 Å². The van der Waals surface area contributed by atoms with Gasteiger partial charge >= 0.3 is 16.6 Å². The van der Waals surface area contributed by atoms with Crippen LogP contribution in [0, 0.1) is 5.92 Å². The maximum atomic E-state index is 11.9. The van der Waals surface area contributed by atoms with Crippen molar-refractivity contribution in [2.75, 3.05) is 0 Å². The molecule has 2 nitrogen and oxygen atoms in total. The zero-order valence-corrected chi connectivity index (χ0v) is 8.45. The van der Waals surface area contributed by atoms with E-state index in [1.807, 2.05) is 6.92 Å². The van der Waals surface area contributed by atoms with Gasteiger partial charge in [0.25, 0.3) is 0 Å². The van der Waals surface area contributed by atoms with Crippen LogP contribution in [0.25, 0.3) is 0 Å². The molecule has 6 heteroatoms. The van der Waals surface area contributed by atoms with Crippen molar-refractivity contribution in [1.82, 2.24) is 0 Å². The van der Waals surface area contributed by atoms with Crippen LogP contribution < -0.4 is 0 Å². The predicted octanol–water partition coefficient (Wildman–Crippen LogP) is 2.89. The van der Waals surface area contributed by atoms with E-state index in [0.717, 1.165) is 6.42 Å². The molecule has 1 aliphatic rings. The van der Waals surface area contributed by atoms with Crippen molar-refractivity contribution in [2.45, 2.75) is 31.7 Å². The van der Waals surface area contributed by atoms with Crippen molar-refractivity contribution in [3.8, 4) is 0 Å². The second kappa shape index (κ2) is 4.33. The molecule has 0 aromatic rings. The number of rotatable bonds is 3. The summed E-state index contributed by atoms with van der Waals surface area (Å²) in [5, 5.41) is 0. The summed E-state index contributed by atoms with van der Waals surface area (Å²) in [5.74, 6) is 0.212. The molecule has 0 fully saturated rings. The molecule has 0 aromatic carbocycles. The van der Waals surface area contributed by atoms with Crippen LogP contribution in [0.4, 0.5) is 13.2 Å².